The number of benzene rings is 10. The molecule has 0 aliphatic heterocycles. The Labute approximate surface area is 366 Å². The molecule has 0 spiro atoms. The highest BCUT2D eigenvalue weighted by atomic mass is 16.3. The standard InChI is InChI=1S/C60H40N2O/c1-4-16-41(17-5-1)44-28-32-47(33-29-44)61(48-34-35-52-51-24-12-15-27-59(51)63-60(52)40-48)55-25-13-10-22-49(55)50-23-11-14-26-56(50)62-57-36-30-45(42-18-6-2-7-19-42)38-53(57)54-39-46(31-37-58(54)62)43-20-8-3-9-21-43/h1-40H. The molecule has 0 aliphatic rings. The van der Waals surface area contributed by atoms with Gasteiger partial charge in [-0.3, -0.25) is 0 Å². The van der Waals surface area contributed by atoms with Crippen LogP contribution in [-0.2, 0) is 0 Å². The maximum Gasteiger partial charge on any atom is 0.137 e. The number of para-hydroxylation sites is 3. The molecular formula is C60H40N2O. The third-order valence-corrected chi connectivity index (χ3v) is 12.4. The van der Waals surface area contributed by atoms with Crippen molar-refractivity contribution in [1.29, 1.82) is 0 Å². The van der Waals surface area contributed by atoms with Gasteiger partial charge >= 0.3 is 0 Å². The summed E-state index contributed by atoms with van der Waals surface area (Å²) in [6.07, 6.45) is 0. The topological polar surface area (TPSA) is 21.3 Å². The van der Waals surface area contributed by atoms with Gasteiger partial charge in [-0.25, -0.2) is 0 Å². The number of nitrogens with zero attached hydrogens (tertiary/aromatic N) is 2. The molecule has 0 N–H and O–H groups in total. The first-order valence-electron chi connectivity index (χ1n) is 21.5. The fraction of sp³-hybridized carbons (Fsp3) is 0. The molecule has 0 atom stereocenters. The van der Waals surface area contributed by atoms with Gasteiger partial charge in [0.1, 0.15) is 11.2 Å². The van der Waals surface area contributed by atoms with Gasteiger partial charge in [0.05, 0.1) is 22.4 Å². The van der Waals surface area contributed by atoms with Gasteiger partial charge in [0.15, 0.2) is 0 Å². The maximum atomic E-state index is 6.50. The Balaban J connectivity index is 1.07. The lowest BCUT2D eigenvalue weighted by molar-refractivity contribution is 0.669. The van der Waals surface area contributed by atoms with Gasteiger partial charge in [0.25, 0.3) is 0 Å². The summed E-state index contributed by atoms with van der Waals surface area (Å²) in [5.74, 6) is 0. The predicted molar refractivity (Wildman–Crippen MR) is 264 cm³/mol. The van der Waals surface area contributed by atoms with Crippen molar-refractivity contribution in [2.75, 3.05) is 4.90 Å². The average molecular weight is 805 g/mol. The molecule has 63 heavy (non-hydrogen) atoms. The fourth-order valence-corrected chi connectivity index (χ4v) is 9.41. The van der Waals surface area contributed by atoms with Gasteiger partial charge in [0.2, 0.25) is 0 Å². The van der Waals surface area contributed by atoms with E-state index in [0.717, 1.165) is 66.8 Å². The Kier molecular flexibility index (Phi) is 8.83. The molecule has 0 saturated carbocycles. The Bertz CT molecular complexity index is 3510. The number of rotatable bonds is 8. The summed E-state index contributed by atoms with van der Waals surface area (Å²) in [4.78, 5) is 2.37. The zero-order valence-corrected chi connectivity index (χ0v) is 34.4. The van der Waals surface area contributed by atoms with Crippen LogP contribution in [0.5, 0.6) is 0 Å². The molecule has 0 radical (unpaired) electrons. The molecular weight excluding hydrogens is 765 g/mol. The van der Waals surface area contributed by atoms with Crippen LogP contribution in [-0.4, -0.2) is 4.57 Å². The monoisotopic (exact) mass is 804 g/mol. The zero-order chi connectivity index (χ0) is 41.7. The van der Waals surface area contributed by atoms with Crippen LogP contribution in [0.2, 0.25) is 0 Å². The molecule has 0 aliphatic carbocycles. The van der Waals surface area contributed by atoms with E-state index in [0.29, 0.717) is 0 Å². The molecule has 10 aromatic carbocycles. The van der Waals surface area contributed by atoms with Crippen molar-refractivity contribution in [2.24, 2.45) is 0 Å². The molecule has 2 aromatic heterocycles. The summed E-state index contributed by atoms with van der Waals surface area (Å²) in [6, 6.07) is 87.2. The van der Waals surface area contributed by atoms with Crippen LogP contribution in [0.25, 0.3) is 93.9 Å². The Hall–Kier alpha value is -8.40. The van der Waals surface area contributed by atoms with Gasteiger partial charge in [0, 0.05) is 50.1 Å². The summed E-state index contributed by atoms with van der Waals surface area (Å²) >= 11 is 0. The molecule has 3 heteroatoms. The molecule has 12 aromatic rings. The van der Waals surface area contributed by atoms with Crippen molar-refractivity contribution in [3.05, 3.63) is 243 Å². The molecule has 296 valence electrons. The van der Waals surface area contributed by atoms with Gasteiger partial charge in [-0.05, 0) is 100 Å². The van der Waals surface area contributed by atoms with Crippen molar-refractivity contribution in [3.63, 3.8) is 0 Å². The van der Waals surface area contributed by atoms with Crippen LogP contribution in [0, 0.1) is 0 Å². The van der Waals surface area contributed by atoms with Crippen molar-refractivity contribution < 1.29 is 4.42 Å². The fourth-order valence-electron chi connectivity index (χ4n) is 9.41. The second-order valence-corrected chi connectivity index (χ2v) is 16.1. The largest absolute Gasteiger partial charge is 0.456 e. The molecule has 3 nitrogen and oxygen atoms in total. The summed E-state index contributed by atoms with van der Waals surface area (Å²) in [5.41, 5.74) is 17.7. The second kappa shape index (κ2) is 15.3. The zero-order valence-electron chi connectivity index (χ0n) is 34.4. The highest BCUT2D eigenvalue weighted by molar-refractivity contribution is 6.12. The van der Waals surface area contributed by atoms with Gasteiger partial charge in [-0.1, -0.05) is 170 Å². The van der Waals surface area contributed by atoms with E-state index in [-0.39, 0.29) is 0 Å². The first-order chi connectivity index (χ1) is 31.2. The van der Waals surface area contributed by atoms with Crippen LogP contribution in [0.15, 0.2) is 247 Å². The van der Waals surface area contributed by atoms with Crippen molar-refractivity contribution in [3.8, 4) is 50.2 Å². The first-order valence-corrected chi connectivity index (χ1v) is 21.5. The number of hydrogen-bond donors (Lipinski definition) is 0. The van der Waals surface area contributed by atoms with E-state index in [2.05, 4.69) is 240 Å². The van der Waals surface area contributed by atoms with E-state index in [9.17, 15) is 0 Å². The highest BCUT2D eigenvalue weighted by Crippen LogP contribution is 2.46. The normalized spacial score (nSPS) is 11.5. The van der Waals surface area contributed by atoms with E-state index < -0.39 is 0 Å². The first kappa shape index (κ1) is 36.5. The number of fused-ring (bicyclic) bond motifs is 6. The number of hydrogen-bond acceptors (Lipinski definition) is 2. The van der Waals surface area contributed by atoms with Crippen LogP contribution < -0.4 is 4.90 Å². The summed E-state index contributed by atoms with van der Waals surface area (Å²) < 4.78 is 8.96. The minimum absolute atomic E-state index is 0.854. The lowest BCUT2D eigenvalue weighted by Crippen LogP contribution is -2.11. The van der Waals surface area contributed by atoms with Crippen LogP contribution in [0.1, 0.15) is 0 Å². The summed E-state index contributed by atoms with van der Waals surface area (Å²) in [6.45, 7) is 0. The van der Waals surface area contributed by atoms with E-state index >= 15 is 0 Å². The lowest BCUT2D eigenvalue weighted by atomic mass is 9.99. The SMILES string of the molecule is c1ccc(-c2ccc(N(c3ccc4c(c3)oc3ccccc34)c3ccccc3-c3ccccc3-n3c4ccc(-c5ccccc5)cc4c4cc(-c5ccccc5)ccc43)cc2)cc1. The summed E-state index contributed by atoms with van der Waals surface area (Å²) in [5, 5.41) is 4.65. The van der Waals surface area contributed by atoms with Gasteiger partial charge in [-0.2, -0.15) is 0 Å². The molecule has 0 bridgehead atoms. The molecule has 0 saturated heterocycles. The van der Waals surface area contributed by atoms with E-state index in [1.54, 1.807) is 0 Å². The third-order valence-electron chi connectivity index (χ3n) is 12.4. The van der Waals surface area contributed by atoms with Gasteiger partial charge in [-0.15, -0.1) is 0 Å². The minimum Gasteiger partial charge on any atom is -0.456 e. The maximum absolute atomic E-state index is 6.50. The Morgan fingerprint density at radius 2 is 0.778 bits per heavy atom. The van der Waals surface area contributed by atoms with Gasteiger partial charge < -0.3 is 13.9 Å². The molecule has 0 fully saturated rings. The van der Waals surface area contributed by atoms with Crippen LogP contribution >= 0.6 is 0 Å². The molecule has 0 unspecified atom stereocenters. The van der Waals surface area contributed by atoms with E-state index in [1.807, 2.05) is 12.1 Å². The molecule has 12 rings (SSSR count). The van der Waals surface area contributed by atoms with Crippen molar-refractivity contribution in [1.82, 2.24) is 4.57 Å². The van der Waals surface area contributed by atoms with E-state index in [1.165, 1.54) is 44.2 Å². The van der Waals surface area contributed by atoms with Crippen LogP contribution in [0.4, 0.5) is 17.1 Å². The Morgan fingerprint density at radius 1 is 0.302 bits per heavy atom. The van der Waals surface area contributed by atoms with Crippen LogP contribution in [0.3, 0.4) is 0 Å². The smallest absolute Gasteiger partial charge is 0.137 e. The highest BCUT2D eigenvalue weighted by Gasteiger charge is 2.23. The quantitative estimate of drug-likeness (QED) is 0.153. The van der Waals surface area contributed by atoms with E-state index in [4.69, 9.17) is 4.42 Å². The molecule has 0 amide bonds. The lowest BCUT2D eigenvalue weighted by Gasteiger charge is -2.28. The third kappa shape index (κ3) is 6.38. The second-order valence-electron chi connectivity index (χ2n) is 16.1. The van der Waals surface area contributed by atoms with Crippen molar-refractivity contribution in [2.45, 2.75) is 0 Å². The number of aromatic nitrogens is 1. The average Bonchev–Trinajstić information content (AvgIpc) is 3.90. The molecule has 2 heterocycles. The Morgan fingerprint density at radius 3 is 1.43 bits per heavy atom. The predicted octanol–water partition coefficient (Wildman–Crippen LogP) is 16.8. The number of furan rings is 1. The minimum atomic E-state index is 0.854. The number of anilines is 3. The summed E-state index contributed by atoms with van der Waals surface area (Å²) in [7, 11) is 0. The van der Waals surface area contributed by atoms with Crippen molar-refractivity contribution >= 4 is 60.8 Å².